The lowest BCUT2D eigenvalue weighted by molar-refractivity contribution is -0.139. The Morgan fingerprint density at radius 1 is 1.39 bits per heavy atom. The monoisotopic (exact) mass is 249 g/mol. The van der Waals surface area contributed by atoms with E-state index < -0.39 is 17.9 Å². The van der Waals surface area contributed by atoms with Crippen molar-refractivity contribution in [3.8, 4) is 5.75 Å². The summed E-state index contributed by atoms with van der Waals surface area (Å²) in [5.41, 5.74) is 0.354. The lowest BCUT2D eigenvalue weighted by Gasteiger charge is -2.14. The number of carboxylic acids is 1. The number of carbonyl (C=O) groups is 2. The van der Waals surface area contributed by atoms with Gasteiger partial charge in [-0.1, -0.05) is 12.1 Å². The van der Waals surface area contributed by atoms with Crippen molar-refractivity contribution in [1.82, 2.24) is 5.32 Å². The minimum absolute atomic E-state index is 0.0566. The molecule has 1 unspecified atom stereocenters. The molecule has 0 aliphatic heterocycles. The number of aliphatic carboxylic acids is 1. The van der Waals surface area contributed by atoms with Gasteiger partial charge in [0.05, 0.1) is 12.7 Å². The van der Waals surface area contributed by atoms with Crippen LogP contribution >= 0.6 is 0 Å². The van der Waals surface area contributed by atoms with Crippen LogP contribution in [-0.4, -0.2) is 30.1 Å². The summed E-state index contributed by atoms with van der Waals surface area (Å²) in [6.45, 7) is 0. The molecule has 1 atom stereocenters. The standard InChI is InChI=1S/C13H15NO4/c1-18-10-5-3-2-4-9(10)12(15)14-11(13(16)17)8-6-7-8/h2-5,8,11H,6-7H2,1H3,(H,14,15)(H,16,17). The number of benzene rings is 1. The van der Waals surface area contributed by atoms with Gasteiger partial charge in [-0.2, -0.15) is 0 Å². The summed E-state index contributed by atoms with van der Waals surface area (Å²) in [5, 5.41) is 11.6. The first-order valence-corrected chi connectivity index (χ1v) is 5.80. The van der Waals surface area contributed by atoms with Crippen molar-refractivity contribution in [2.45, 2.75) is 18.9 Å². The van der Waals surface area contributed by atoms with Crippen LogP contribution in [0.25, 0.3) is 0 Å². The largest absolute Gasteiger partial charge is 0.496 e. The van der Waals surface area contributed by atoms with Gasteiger partial charge in [0.15, 0.2) is 0 Å². The Morgan fingerprint density at radius 2 is 2.06 bits per heavy atom. The van der Waals surface area contributed by atoms with Gasteiger partial charge in [0, 0.05) is 0 Å². The van der Waals surface area contributed by atoms with Gasteiger partial charge < -0.3 is 15.2 Å². The van der Waals surface area contributed by atoms with E-state index in [1.54, 1.807) is 24.3 Å². The first kappa shape index (κ1) is 12.4. The Balaban J connectivity index is 2.13. The summed E-state index contributed by atoms with van der Waals surface area (Å²) in [5.74, 6) is -0.899. The zero-order chi connectivity index (χ0) is 13.1. The smallest absolute Gasteiger partial charge is 0.326 e. The van der Waals surface area contributed by atoms with Crippen LogP contribution in [0.15, 0.2) is 24.3 Å². The van der Waals surface area contributed by atoms with Crippen molar-refractivity contribution in [3.63, 3.8) is 0 Å². The van der Waals surface area contributed by atoms with E-state index in [1.807, 2.05) is 0 Å². The fourth-order valence-corrected chi connectivity index (χ4v) is 1.86. The van der Waals surface area contributed by atoms with Crippen LogP contribution in [0.3, 0.4) is 0 Å². The number of ether oxygens (including phenoxy) is 1. The Morgan fingerprint density at radius 3 is 2.61 bits per heavy atom. The quantitative estimate of drug-likeness (QED) is 0.824. The SMILES string of the molecule is COc1ccccc1C(=O)NC(C(=O)O)C1CC1. The second kappa shape index (κ2) is 5.08. The van der Waals surface area contributed by atoms with Crippen LogP contribution in [-0.2, 0) is 4.79 Å². The van der Waals surface area contributed by atoms with Crippen molar-refractivity contribution < 1.29 is 19.4 Å². The first-order chi connectivity index (χ1) is 8.63. The summed E-state index contributed by atoms with van der Waals surface area (Å²) >= 11 is 0. The highest BCUT2D eigenvalue weighted by Crippen LogP contribution is 2.33. The zero-order valence-corrected chi connectivity index (χ0v) is 10.1. The predicted octanol–water partition coefficient (Wildman–Crippen LogP) is 1.29. The van der Waals surface area contributed by atoms with Crippen LogP contribution in [0.5, 0.6) is 5.75 Å². The number of rotatable bonds is 5. The molecule has 18 heavy (non-hydrogen) atoms. The second-order valence-corrected chi connectivity index (χ2v) is 4.33. The molecule has 1 fully saturated rings. The zero-order valence-electron chi connectivity index (χ0n) is 10.1. The topological polar surface area (TPSA) is 75.6 Å². The molecule has 1 amide bonds. The molecule has 0 spiro atoms. The summed E-state index contributed by atoms with van der Waals surface area (Å²) < 4.78 is 5.08. The van der Waals surface area contributed by atoms with Gasteiger partial charge in [-0.15, -0.1) is 0 Å². The molecule has 5 heteroatoms. The molecule has 1 aliphatic rings. The number of nitrogens with one attached hydrogen (secondary N) is 1. The van der Waals surface area contributed by atoms with Crippen molar-refractivity contribution >= 4 is 11.9 Å². The fourth-order valence-electron chi connectivity index (χ4n) is 1.86. The number of hydrogen-bond donors (Lipinski definition) is 2. The maximum Gasteiger partial charge on any atom is 0.326 e. The van der Waals surface area contributed by atoms with Gasteiger partial charge in [-0.25, -0.2) is 4.79 Å². The van der Waals surface area contributed by atoms with Crippen molar-refractivity contribution in [3.05, 3.63) is 29.8 Å². The second-order valence-electron chi connectivity index (χ2n) is 4.33. The average molecular weight is 249 g/mol. The molecule has 0 aromatic heterocycles. The highest BCUT2D eigenvalue weighted by atomic mass is 16.5. The van der Waals surface area contributed by atoms with Crippen LogP contribution in [0.4, 0.5) is 0 Å². The van der Waals surface area contributed by atoms with Crippen molar-refractivity contribution in [1.29, 1.82) is 0 Å². The summed E-state index contributed by atoms with van der Waals surface area (Å²) in [7, 11) is 1.47. The molecule has 1 saturated carbocycles. The first-order valence-electron chi connectivity index (χ1n) is 5.80. The summed E-state index contributed by atoms with van der Waals surface area (Å²) in [6.07, 6.45) is 1.70. The predicted molar refractivity (Wildman–Crippen MR) is 64.6 cm³/mol. The highest BCUT2D eigenvalue weighted by molar-refractivity contribution is 5.99. The lowest BCUT2D eigenvalue weighted by atomic mass is 10.1. The third-order valence-electron chi connectivity index (χ3n) is 3.00. The third-order valence-corrected chi connectivity index (χ3v) is 3.00. The van der Waals surface area contributed by atoms with Crippen LogP contribution < -0.4 is 10.1 Å². The maximum absolute atomic E-state index is 12.0. The molecule has 2 rings (SSSR count). The number of hydrogen-bond acceptors (Lipinski definition) is 3. The minimum atomic E-state index is -0.985. The van der Waals surface area contributed by atoms with Gasteiger partial charge >= 0.3 is 5.97 Å². The molecule has 1 aliphatic carbocycles. The van der Waals surface area contributed by atoms with E-state index >= 15 is 0 Å². The molecule has 0 bridgehead atoms. The van der Waals surface area contributed by atoms with E-state index in [2.05, 4.69) is 5.32 Å². The molecule has 1 aromatic carbocycles. The van der Waals surface area contributed by atoms with Crippen molar-refractivity contribution in [2.24, 2.45) is 5.92 Å². The number of methoxy groups -OCH3 is 1. The third kappa shape index (κ3) is 2.61. The molecule has 2 N–H and O–H groups in total. The average Bonchev–Trinajstić information content (AvgIpc) is 3.19. The Hall–Kier alpha value is -2.04. The van der Waals surface area contributed by atoms with Gasteiger partial charge in [0.2, 0.25) is 0 Å². The highest BCUT2D eigenvalue weighted by Gasteiger charge is 2.37. The molecule has 0 saturated heterocycles. The number of carbonyl (C=O) groups excluding carboxylic acids is 1. The minimum Gasteiger partial charge on any atom is -0.496 e. The molecule has 0 radical (unpaired) electrons. The Labute approximate surface area is 105 Å². The lowest BCUT2D eigenvalue weighted by Crippen LogP contribution is -2.42. The maximum atomic E-state index is 12.0. The number of amides is 1. The van der Waals surface area contributed by atoms with E-state index in [1.165, 1.54) is 7.11 Å². The normalized spacial score (nSPS) is 15.8. The van der Waals surface area contributed by atoms with Gasteiger partial charge in [0.1, 0.15) is 11.8 Å². The van der Waals surface area contributed by atoms with Crippen LogP contribution in [0, 0.1) is 5.92 Å². The summed E-state index contributed by atoms with van der Waals surface area (Å²) in [4.78, 5) is 23.1. The van der Waals surface area contributed by atoms with E-state index in [4.69, 9.17) is 9.84 Å². The van der Waals surface area contributed by atoms with Gasteiger partial charge in [-0.3, -0.25) is 4.79 Å². The molecular formula is C13H15NO4. The summed E-state index contributed by atoms with van der Waals surface area (Å²) in [6, 6.07) is 5.94. The molecule has 96 valence electrons. The fraction of sp³-hybridized carbons (Fsp3) is 0.385. The van der Waals surface area contributed by atoms with Gasteiger partial charge in [0.25, 0.3) is 5.91 Å². The van der Waals surface area contributed by atoms with E-state index in [-0.39, 0.29) is 5.92 Å². The van der Waals surface area contributed by atoms with Crippen LogP contribution in [0.1, 0.15) is 23.2 Å². The van der Waals surface area contributed by atoms with E-state index in [0.29, 0.717) is 11.3 Å². The van der Waals surface area contributed by atoms with Gasteiger partial charge in [-0.05, 0) is 30.9 Å². The molecule has 1 aromatic rings. The molecule has 0 heterocycles. The Kier molecular flexibility index (Phi) is 3.50. The van der Waals surface area contributed by atoms with E-state index in [0.717, 1.165) is 12.8 Å². The number of carboxylic acid groups (broad SMARTS) is 1. The van der Waals surface area contributed by atoms with E-state index in [9.17, 15) is 9.59 Å². The van der Waals surface area contributed by atoms with Crippen molar-refractivity contribution in [2.75, 3.05) is 7.11 Å². The molecular weight excluding hydrogens is 234 g/mol. The van der Waals surface area contributed by atoms with Crippen LogP contribution in [0.2, 0.25) is 0 Å². The molecule has 5 nitrogen and oxygen atoms in total. The Bertz CT molecular complexity index is 468. The number of para-hydroxylation sites is 1.